The van der Waals surface area contributed by atoms with Gasteiger partial charge in [0.05, 0.1) is 6.10 Å². The number of hydrogen-bond acceptors (Lipinski definition) is 4. The van der Waals surface area contributed by atoms with E-state index in [0.717, 1.165) is 65.1 Å². The van der Waals surface area contributed by atoms with E-state index >= 15 is 0 Å². The minimum atomic E-state index is -0.274. The Morgan fingerprint density at radius 2 is 1.70 bits per heavy atom. The lowest BCUT2D eigenvalue weighted by atomic mass is 9.88. The van der Waals surface area contributed by atoms with Gasteiger partial charge >= 0.3 is 0 Å². The van der Waals surface area contributed by atoms with Gasteiger partial charge in [0.1, 0.15) is 0 Å². The molecule has 2 unspecified atom stereocenters. The van der Waals surface area contributed by atoms with E-state index in [1.165, 1.54) is 0 Å². The van der Waals surface area contributed by atoms with E-state index in [4.69, 9.17) is 0 Å². The van der Waals surface area contributed by atoms with E-state index in [1.54, 1.807) is 0 Å². The minimum Gasteiger partial charge on any atom is -0.390 e. The normalized spacial score (nSPS) is 21.9. The predicted molar refractivity (Wildman–Crippen MR) is 86.2 cm³/mol. The Hall–Kier alpha value is -0.160. The van der Waals surface area contributed by atoms with Crippen LogP contribution in [0.1, 0.15) is 47.0 Å². The van der Waals surface area contributed by atoms with Crippen molar-refractivity contribution in [2.45, 2.75) is 58.6 Å². The molecule has 4 nitrogen and oxygen atoms in total. The molecule has 20 heavy (non-hydrogen) atoms. The number of aliphatic hydroxyl groups excluding tert-OH is 1. The lowest BCUT2D eigenvalue weighted by molar-refractivity contribution is -0.0418. The van der Waals surface area contributed by atoms with Gasteiger partial charge in [0.25, 0.3) is 0 Å². The van der Waals surface area contributed by atoms with Gasteiger partial charge in [-0.2, -0.15) is 0 Å². The van der Waals surface area contributed by atoms with Gasteiger partial charge in [0.15, 0.2) is 0 Å². The number of nitrogens with zero attached hydrogens (tertiary/aromatic N) is 2. The zero-order valence-electron chi connectivity index (χ0n) is 14.0. The van der Waals surface area contributed by atoms with E-state index in [-0.39, 0.29) is 11.6 Å². The second kappa shape index (κ2) is 8.98. The third-order valence-electron chi connectivity index (χ3n) is 4.78. The number of nitrogens with one attached hydrogen (secondary N) is 1. The van der Waals surface area contributed by atoms with Gasteiger partial charge in [-0.05, 0) is 39.3 Å². The summed E-state index contributed by atoms with van der Waals surface area (Å²) in [7, 11) is 0. The van der Waals surface area contributed by atoms with E-state index in [1.807, 2.05) is 0 Å². The van der Waals surface area contributed by atoms with Crippen molar-refractivity contribution >= 4 is 0 Å². The van der Waals surface area contributed by atoms with Crippen LogP contribution in [0.5, 0.6) is 0 Å². The minimum absolute atomic E-state index is 0.100. The molecule has 1 fully saturated rings. The largest absolute Gasteiger partial charge is 0.390 e. The molecule has 0 aromatic rings. The molecule has 2 atom stereocenters. The molecule has 0 amide bonds. The SMILES string of the molecule is CCCN(CCC)C(C)(CC)C(O)CN1CCNCC1. The lowest BCUT2D eigenvalue weighted by Gasteiger charge is -2.46. The van der Waals surface area contributed by atoms with Crippen molar-refractivity contribution in [3.05, 3.63) is 0 Å². The zero-order chi connectivity index (χ0) is 15.0. The molecule has 120 valence electrons. The second-order valence-electron chi connectivity index (χ2n) is 6.26. The Morgan fingerprint density at radius 3 is 2.15 bits per heavy atom. The number of rotatable bonds is 9. The Bertz CT molecular complexity index is 250. The van der Waals surface area contributed by atoms with Crippen LogP contribution in [0.3, 0.4) is 0 Å². The predicted octanol–water partition coefficient (Wildman–Crippen LogP) is 1.54. The molecule has 1 heterocycles. The standard InChI is InChI=1S/C16H35N3O/c1-5-10-19(11-6-2)16(4,7-3)15(20)14-18-12-8-17-9-13-18/h15,17,20H,5-14H2,1-4H3. The first-order chi connectivity index (χ1) is 9.58. The summed E-state index contributed by atoms with van der Waals surface area (Å²) in [5.41, 5.74) is -0.100. The van der Waals surface area contributed by atoms with Gasteiger partial charge in [-0.3, -0.25) is 9.80 Å². The van der Waals surface area contributed by atoms with Gasteiger partial charge in [0, 0.05) is 38.3 Å². The molecule has 2 N–H and O–H groups in total. The first-order valence-corrected chi connectivity index (χ1v) is 8.44. The summed E-state index contributed by atoms with van der Waals surface area (Å²) >= 11 is 0. The maximum atomic E-state index is 10.8. The molecule has 0 aromatic carbocycles. The molecule has 0 radical (unpaired) electrons. The van der Waals surface area contributed by atoms with Gasteiger partial charge < -0.3 is 10.4 Å². The highest BCUT2D eigenvalue weighted by molar-refractivity contribution is 4.93. The molecule has 0 saturated carbocycles. The zero-order valence-corrected chi connectivity index (χ0v) is 14.0. The van der Waals surface area contributed by atoms with Crippen LogP contribution in [0.4, 0.5) is 0 Å². The average molecular weight is 285 g/mol. The van der Waals surface area contributed by atoms with Gasteiger partial charge in [-0.25, -0.2) is 0 Å². The number of hydrogen-bond donors (Lipinski definition) is 2. The molecular weight excluding hydrogens is 250 g/mol. The summed E-state index contributed by atoms with van der Waals surface area (Å²) in [4.78, 5) is 4.89. The first kappa shape index (κ1) is 17.9. The summed E-state index contributed by atoms with van der Waals surface area (Å²) in [6.07, 6.45) is 3.02. The smallest absolute Gasteiger partial charge is 0.0847 e. The Morgan fingerprint density at radius 1 is 1.15 bits per heavy atom. The van der Waals surface area contributed by atoms with Crippen LogP contribution in [-0.2, 0) is 0 Å². The Balaban J connectivity index is 2.67. The molecule has 4 heteroatoms. The first-order valence-electron chi connectivity index (χ1n) is 8.44. The van der Waals surface area contributed by atoms with Crippen molar-refractivity contribution in [1.82, 2.24) is 15.1 Å². The molecule has 0 aliphatic carbocycles. The highest BCUT2D eigenvalue weighted by Crippen LogP contribution is 2.25. The Labute approximate surface area is 125 Å². The van der Waals surface area contributed by atoms with Crippen LogP contribution < -0.4 is 5.32 Å². The van der Waals surface area contributed by atoms with Crippen LogP contribution in [0.25, 0.3) is 0 Å². The third-order valence-corrected chi connectivity index (χ3v) is 4.78. The third kappa shape index (κ3) is 4.69. The number of β-amino-alcohol motifs (C(OH)–C–C–N with tert-alkyl or cyclic N) is 1. The van der Waals surface area contributed by atoms with Crippen molar-refractivity contribution in [3.63, 3.8) is 0 Å². The number of piperazine rings is 1. The van der Waals surface area contributed by atoms with Gasteiger partial charge in [-0.1, -0.05) is 20.8 Å². The van der Waals surface area contributed by atoms with Crippen LogP contribution in [0.15, 0.2) is 0 Å². The van der Waals surface area contributed by atoms with Crippen molar-refractivity contribution in [1.29, 1.82) is 0 Å². The average Bonchev–Trinajstić information content (AvgIpc) is 2.47. The summed E-state index contributed by atoms with van der Waals surface area (Å²) in [5.74, 6) is 0. The highest BCUT2D eigenvalue weighted by Gasteiger charge is 2.37. The number of aliphatic hydroxyl groups is 1. The lowest BCUT2D eigenvalue weighted by Crippen LogP contribution is -2.59. The van der Waals surface area contributed by atoms with E-state index in [0.29, 0.717) is 0 Å². The maximum absolute atomic E-state index is 10.8. The second-order valence-corrected chi connectivity index (χ2v) is 6.26. The fourth-order valence-corrected chi connectivity index (χ4v) is 3.17. The van der Waals surface area contributed by atoms with Crippen molar-refractivity contribution in [3.8, 4) is 0 Å². The van der Waals surface area contributed by atoms with E-state index < -0.39 is 0 Å². The van der Waals surface area contributed by atoms with Crippen LogP contribution in [0, 0.1) is 0 Å². The molecule has 0 bridgehead atoms. The summed E-state index contributed by atoms with van der Waals surface area (Å²) < 4.78 is 0. The van der Waals surface area contributed by atoms with Crippen LogP contribution in [-0.4, -0.2) is 72.4 Å². The fourth-order valence-electron chi connectivity index (χ4n) is 3.17. The van der Waals surface area contributed by atoms with Crippen molar-refractivity contribution < 1.29 is 5.11 Å². The molecule has 0 aromatic heterocycles. The molecule has 0 spiro atoms. The maximum Gasteiger partial charge on any atom is 0.0847 e. The summed E-state index contributed by atoms with van der Waals surface area (Å²) in [6, 6.07) is 0. The topological polar surface area (TPSA) is 38.7 Å². The van der Waals surface area contributed by atoms with E-state index in [2.05, 4.69) is 42.8 Å². The molecule has 1 saturated heterocycles. The molecule has 1 rings (SSSR count). The summed E-state index contributed by atoms with van der Waals surface area (Å²) in [5, 5.41) is 14.2. The summed E-state index contributed by atoms with van der Waals surface area (Å²) in [6.45, 7) is 16.1. The molecule has 1 aliphatic rings. The van der Waals surface area contributed by atoms with Crippen molar-refractivity contribution in [2.24, 2.45) is 0 Å². The van der Waals surface area contributed by atoms with Crippen molar-refractivity contribution in [2.75, 3.05) is 45.8 Å². The Kier molecular flexibility index (Phi) is 8.03. The molecular formula is C16H35N3O. The van der Waals surface area contributed by atoms with Crippen LogP contribution in [0.2, 0.25) is 0 Å². The van der Waals surface area contributed by atoms with Gasteiger partial charge in [-0.15, -0.1) is 0 Å². The van der Waals surface area contributed by atoms with Gasteiger partial charge in [0.2, 0.25) is 0 Å². The van der Waals surface area contributed by atoms with E-state index in [9.17, 15) is 5.11 Å². The monoisotopic (exact) mass is 285 g/mol. The fraction of sp³-hybridized carbons (Fsp3) is 1.00. The quantitative estimate of drug-likeness (QED) is 0.674. The van der Waals surface area contributed by atoms with Crippen LogP contribution >= 0.6 is 0 Å². The highest BCUT2D eigenvalue weighted by atomic mass is 16.3. The molecule has 1 aliphatic heterocycles.